The molecule has 16 heavy (non-hydrogen) atoms. The molecule has 1 N–H and O–H groups in total. The SMILES string of the molecule is CC(=O)OCC12CCC(C(=O)O)(CC1)CC2. The maximum absolute atomic E-state index is 11.2. The Morgan fingerprint density at radius 1 is 1.12 bits per heavy atom. The Morgan fingerprint density at radius 2 is 1.62 bits per heavy atom. The van der Waals surface area contributed by atoms with Gasteiger partial charge in [0.1, 0.15) is 0 Å². The highest BCUT2D eigenvalue weighted by molar-refractivity contribution is 5.75. The molecule has 0 aromatic rings. The molecule has 90 valence electrons. The van der Waals surface area contributed by atoms with Gasteiger partial charge in [-0.25, -0.2) is 0 Å². The van der Waals surface area contributed by atoms with Crippen molar-refractivity contribution in [2.24, 2.45) is 10.8 Å². The third-order valence-corrected chi connectivity index (χ3v) is 4.44. The van der Waals surface area contributed by atoms with Gasteiger partial charge in [-0.05, 0) is 38.5 Å². The van der Waals surface area contributed by atoms with Gasteiger partial charge in [0.05, 0.1) is 12.0 Å². The monoisotopic (exact) mass is 226 g/mol. The average molecular weight is 226 g/mol. The van der Waals surface area contributed by atoms with Gasteiger partial charge >= 0.3 is 11.9 Å². The standard InChI is InChI=1S/C12H18O4/c1-9(13)16-8-11-2-5-12(6-3-11,7-4-11)10(14)15/h2-8H2,1H3,(H,14,15). The van der Waals surface area contributed by atoms with Crippen LogP contribution in [0.2, 0.25) is 0 Å². The van der Waals surface area contributed by atoms with E-state index in [4.69, 9.17) is 4.74 Å². The van der Waals surface area contributed by atoms with Gasteiger partial charge in [0.2, 0.25) is 0 Å². The summed E-state index contributed by atoms with van der Waals surface area (Å²) in [7, 11) is 0. The number of carboxylic acids is 1. The van der Waals surface area contributed by atoms with E-state index in [1.165, 1.54) is 6.92 Å². The number of hydrogen-bond donors (Lipinski definition) is 1. The summed E-state index contributed by atoms with van der Waals surface area (Å²) in [5.41, 5.74) is -0.402. The summed E-state index contributed by atoms with van der Waals surface area (Å²) in [6, 6.07) is 0. The molecular weight excluding hydrogens is 208 g/mol. The highest BCUT2D eigenvalue weighted by Gasteiger charge is 2.52. The lowest BCUT2D eigenvalue weighted by Crippen LogP contribution is -2.47. The van der Waals surface area contributed by atoms with Crippen molar-refractivity contribution >= 4 is 11.9 Å². The van der Waals surface area contributed by atoms with E-state index in [-0.39, 0.29) is 11.4 Å². The van der Waals surface area contributed by atoms with Crippen LogP contribution in [0.5, 0.6) is 0 Å². The molecule has 0 heterocycles. The van der Waals surface area contributed by atoms with E-state index in [0.717, 1.165) is 38.5 Å². The highest BCUT2D eigenvalue weighted by atomic mass is 16.5. The van der Waals surface area contributed by atoms with Crippen molar-refractivity contribution in [3.8, 4) is 0 Å². The fourth-order valence-corrected chi connectivity index (χ4v) is 3.06. The summed E-state index contributed by atoms with van der Waals surface area (Å²) in [5, 5.41) is 9.23. The van der Waals surface area contributed by atoms with Gasteiger partial charge in [-0.15, -0.1) is 0 Å². The summed E-state index contributed by atoms with van der Waals surface area (Å²) in [5.74, 6) is -0.886. The number of carbonyl (C=O) groups excluding carboxylic acids is 1. The molecule has 3 fully saturated rings. The Kier molecular flexibility index (Phi) is 2.68. The lowest BCUT2D eigenvalue weighted by molar-refractivity contribution is -0.165. The number of hydrogen-bond acceptors (Lipinski definition) is 3. The molecule has 4 heteroatoms. The van der Waals surface area contributed by atoms with Crippen molar-refractivity contribution in [1.82, 2.24) is 0 Å². The zero-order valence-corrected chi connectivity index (χ0v) is 9.62. The van der Waals surface area contributed by atoms with E-state index in [2.05, 4.69) is 0 Å². The number of ether oxygens (including phenoxy) is 1. The molecule has 0 aromatic carbocycles. The van der Waals surface area contributed by atoms with Crippen LogP contribution in [0.25, 0.3) is 0 Å². The van der Waals surface area contributed by atoms with E-state index in [0.29, 0.717) is 6.61 Å². The number of esters is 1. The van der Waals surface area contributed by atoms with Crippen molar-refractivity contribution in [3.05, 3.63) is 0 Å². The molecular formula is C12H18O4. The maximum Gasteiger partial charge on any atom is 0.309 e. The van der Waals surface area contributed by atoms with Crippen molar-refractivity contribution in [2.75, 3.05) is 6.61 Å². The molecule has 0 spiro atoms. The van der Waals surface area contributed by atoms with Gasteiger partial charge in [-0.3, -0.25) is 9.59 Å². The fourth-order valence-electron chi connectivity index (χ4n) is 3.06. The minimum absolute atomic E-state index is 0.0723. The molecule has 2 bridgehead atoms. The maximum atomic E-state index is 11.2. The van der Waals surface area contributed by atoms with Gasteiger partial charge in [-0.1, -0.05) is 0 Å². The summed E-state index contributed by atoms with van der Waals surface area (Å²) in [6.07, 6.45) is 4.86. The van der Waals surface area contributed by atoms with Gasteiger partial charge in [0.25, 0.3) is 0 Å². The van der Waals surface area contributed by atoms with Crippen LogP contribution in [0, 0.1) is 10.8 Å². The molecule has 0 radical (unpaired) electrons. The van der Waals surface area contributed by atoms with Crippen molar-refractivity contribution < 1.29 is 19.4 Å². The third-order valence-electron chi connectivity index (χ3n) is 4.44. The largest absolute Gasteiger partial charge is 0.481 e. The van der Waals surface area contributed by atoms with Crippen LogP contribution in [0.3, 0.4) is 0 Å². The number of rotatable bonds is 3. The topological polar surface area (TPSA) is 63.6 Å². The molecule has 4 nitrogen and oxygen atoms in total. The van der Waals surface area contributed by atoms with Crippen LogP contribution in [-0.2, 0) is 14.3 Å². The predicted octanol–water partition coefficient (Wildman–Crippen LogP) is 1.97. The summed E-state index contributed by atoms with van der Waals surface area (Å²) >= 11 is 0. The first-order chi connectivity index (χ1) is 7.48. The summed E-state index contributed by atoms with van der Waals surface area (Å²) in [6.45, 7) is 1.89. The third kappa shape index (κ3) is 1.81. The van der Waals surface area contributed by atoms with Gasteiger partial charge in [-0.2, -0.15) is 0 Å². The van der Waals surface area contributed by atoms with Crippen molar-refractivity contribution in [2.45, 2.75) is 45.4 Å². The quantitative estimate of drug-likeness (QED) is 0.747. The molecule has 0 aromatic heterocycles. The Balaban J connectivity index is 2.00. The van der Waals surface area contributed by atoms with E-state index in [9.17, 15) is 14.7 Å². The first-order valence-corrected chi connectivity index (χ1v) is 5.85. The normalized spacial score (nSPS) is 37.1. The summed E-state index contributed by atoms with van der Waals surface area (Å²) in [4.78, 5) is 22.0. The molecule has 0 saturated heterocycles. The zero-order chi connectivity index (χ0) is 11.8. The molecule has 0 amide bonds. The number of fused-ring (bicyclic) bond motifs is 3. The Hall–Kier alpha value is -1.06. The van der Waals surface area contributed by atoms with E-state index < -0.39 is 11.4 Å². The molecule has 3 rings (SSSR count). The molecule has 0 unspecified atom stereocenters. The molecule has 3 aliphatic rings. The lowest BCUT2D eigenvalue weighted by Gasteiger charge is -2.50. The first-order valence-electron chi connectivity index (χ1n) is 5.85. The number of carboxylic acid groups (broad SMARTS) is 1. The first kappa shape index (κ1) is 11.4. The second kappa shape index (κ2) is 3.75. The fraction of sp³-hybridized carbons (Fsp3) is 0.833. The Bertz CT molecular complexity index is 296. The molecule has 0 aliphatic heterocycles. The number of aliphatic carboxylic acids is 1. The van der Waals surface area contributed by atoms with Crippen molar-refractivity contribution in [1.29, 1.82) is 0 Å². The molecule has 0 atom stereocenters. The highest BCUT2D eigenvalue weighted by Crippen LogP contribution is 2.56. The zero-order valence-electron chi connectivity index (χ0n) is 9.62. The van der Waals surface area contributed by atoms with Gasteiger partial charge in [0.15, 0.2) is 0 Å². The lowest BCUT2D eigenvalue weighted by atomic mass is 9.54. The Morgan fingerprint density at radius 3 is 2.00 bits per heavy atom. The Labute approximate surface area is 95.0 Å². The predicted molar refractivity (Wildman–Crippen MR) is 56.8 cm³/mol. The second-order valence-electron chi connectivity index (χ2n) is 5.37. The second-order valence-corrected chi connectivity index (χ2v) is 5.37. The molecule has 3 aliphatic carbocycles. The summed E-state index contributed by atoms with van der Waals surface area (Å²) < 4.78 is 5.11. The van der Waals surface area contributed by atoms with Crippen LogP contribution in [0.15, 0.2) is 0 Å². The van der Waals surface area contributed by atoms with E-state index in [1.54, 1.807) is 0 Å². The number of carbonyl (C=O) groups is 2. The average Bonchev–Trinajstić information content (AvgIpc) is 2.29. The minimum Gasteiger partial charge on any atom is -0.481 e. The van der Waals surface area contributed by atoms with Crippen LogP contribution in [-0.4, -0.2) is 23.7 Å². The van der Waals surface area contributed by atoms with Gasteiger partial charge in [0, 0.05) is 12.3 Å². The van der Waals surface area contributed by atoms with E-state index >= 15 is 0 Å². The van der Waals surface area contributed by atoms with Crippen LogP contribution in [0.1, 0.15) is 45.4 Å². The van der Waals surface area contributed by atoms with Crippen LogP contribution < -0.4 is 0 Å². The van der Waals surface area contributed by atoms with E-state index in [1.807, 2.05) is 0 Å². The smallest absolute Gasteiger partial charge is 0.309 e. The minimum atomic E-state index is -0.645. The molecule has 3 saturated carbocycles. The van der Waals surface area contributed by atoms with Crippen LogP contribution >= 0.6 is 0 Å². The van der Waals surface area contributed by atoms with Crippen LogP contribution in [0.4, 0.5) is 0 Å². The van der Waals surface area contributed by atoms with Gasteiger partial charge < -0.3 is 9.84 Å². The van der Waals surface area contributed by atoms with Crippen molar-refractivity contribution in [3.63, 3.8) is 0 Å².